The highest BCUT2D eigenvalue weighted by Gasteiger charge is 2.56. The number of fused-ring (bicyclic) bond motifs is 3. The molecule has 1 N–H and O–H groups in total. The second kappa shape index (κ2) is 11.5. The number of hydrogen-bond acceptors (Lipinski definition) is 7. The van der Waals surface area contributed by atoms with Gasteiger partial charge in [-0.05, 0) is 64.2 Å². The van der Waals surface area contributed by atoms with E-state index in [9.17, 15) is 14.0 Å². The van der Waals surface area contributed by atoms with Crippen molar-refractivity contribution in [3.05, 3.63) is 42.1 Å². The van der Waals surface area contributed by atoms with Gasteiger partial charge < -0.3 is 24.9 Å². The Morgan fingerprint density at radius 3 is 2.68 bits per heavy atom. The first-order valence-corrected chi connectivity index (χ1v) is 16.4. The van der Waals surface area contributed by atoms with E-state index in [4.69, 9.17) is 0 Å². The molecular weight excluding hydrogens is 564 g/mol. The molecule has 2 aliphatic carbocycles. The van der Waals surface area contributed by atoms with E-state index < -0.39 is 18.0 Å². The zero-order valence-corrected chi connectivity index (χ0v) is 25.8. The highest BCUT2D eigenvalue weighted by Crippen LogP contribution is 2.49. The van der Waals surface area contributed by atoms with E-state index >= 15 is 4.39 Å². The minimum Gasteiger partial charge on any atom is -0.348 e. The van der Waals surface area contributed by atoms with Crippen LogP contribution in [-0.2, 0) is 4.79 Å². The summed E-state index contributed by atoms with van der Waals surface area (Å²) in [5, 5.41) is 3.52. The number of anilines is 3. The molecule has 0 radical (unpaired) electrons. The van der Waals surface area contributed by atoms with Gasteiger partial charge in [-0.2, -0.15) is 0 Å². The number of piperidine rings is 1. The van der Waals surface area contributed by atoms with Gasteiger partial charge in [-0.15, -0.1) is 0 Å². The maximum absolute atomic E-state index is 15.4. The normalized spacial score (nSPS) is 29.5. The van der Waals surface area contributed by atoms with Crippen LogP contribution in [0.5, 0.6) is 0 Å². The second-order valence-electron chi connectivity index (χ2n) is 13.6. The number of amides is 2. The molecule has 236 valence electrons. The SMILES string of the molecule is CCN(C(=O)c1cc(F)ccc1N1CCN([C@@H]2CCN(C(=O)[C@H]3NC4C[C@@H]3[C@@H](F)[C@H]4CC3CC3)C2)c2ncncc21)C(C)C. The number of carbonyl (C=O) groups excluding carboxylic acids is 2. The average Bonchev–Trinajstić information content (AvgIpc) is 3.40. The Morgan fingerprint density at radius 1 is 1.14 bits per heavy atom. The number of carbonyl (C=O) groups is 2. The Hall–Kier alpha value is -3.34. The third kappa shape index (κ3) is 5.10. The van der Waals surface area contributed by atoms with Gasteiger partial charge in [0.05, 0.1) is 23.5 Å². The van der Waals surface area contributed by atoms with E-state index in [-0.39, 0.29) is 41.8 Å². The summed E-state index contributed by atoms with van der Waals surface area (Å²) in [6, 6.07) is 4.08. The summed E-state index contributed by atoms with van der Waals surface area (Å²) in [6.45, 7) is 8.68. The number of nitrogens with one attached hydrogen (secondary N) is 1. The van der Waals surface area contributed by atoms with Crippen LogP contribution >= 0.6 is 0 Å². The number of benzene rings is 1. The molecule has 2 amide bonds. The summed E-state index contributed by atoms with van der Waals surface area (Å²) in [6.07, 6.45) is 7.32. The maximum atomic E-state index is 15.4. The van der Waals surface area contributed by atoms with Crippen molar-refractivity contribution in [1.82, 2.24) is 25.1 Å². The number of aromatic nitrogens is 2. The summed E-state index contributed by atoms with van der Waals surface area (Å²) in [7, 11) is 0. The molecule has 4 fully saturated rings. The fourth-order valence-electron chi connectivity index (χ4n) is 8.26. The van der Waals surface area contributed by atoms with E-state index in [1.54, 1.807) is 17.2 Å². The van der Waals surface area contributed by atoms with Crippen LogP contribution in [0.1, 0.15) is 63.2 Å². The smallest absolute Gasteiger partial charge is 0.256 e. The van der Waals surface area contributed by atoms with Crippen molar-refractivity contribution in [2.24, 2.45) is 17.8 Å². The Morgan fingerprint density at radius 2 is 1.95 bits per heavy atom. The first-order valence-electron chi connectivity index (χ1n) is 16.4. The van der Waals surface area contributed by atoms with Crippen molar-refractivity contribution < 1.29 is 18.4 Å². The fourth-order valence-corrected chi connectivity index (χ4v) is 8.26. The fraction of sp³-hybridized carbons (Fsp3) is 0.636. The van der Waals surface area contributed by atoms with Crippen LogP contribution in [0.25, 0.3) is 0 Å². The Kier molecular flexibility index (Phi) is 7.71. The van der Waals surface area contributed by atoms with Gasteiger partial charge in [0, 0.05) is 62.7 Å². The van der Waals surface area contributed by atoms with Crippen LogP contribution < -0.4 is 15.1 Å². The molecule has 2 bridgehead atoms. The van der Waals surface area contributed by atoms with Crippen LogP contribution in [-0.4, -0.2) is 94.6 Å². The molecule has 1 unspecified atom stereocenters. The molecule has 9 nitrogen and oxygen atoms in total. The summed E-state index contributed by atoms with van der Waals surface area (Å²) >= 11 is 0. The van der Waals surface area contributed by atoms with Gasteiger partial charge in [0.2, 0.25) is 5.91 Å². The van der Waals surface area contributed by atoms with E-state index in [0.717, 1.165) is 30.8 Å². The number of nitrogens with zero attached hydrogens (tertiary/aromatic N) is 6. The molecule has 2 saturated heterocycles. The molecule has 3 aliphatic heterocycles. The second-order valence-corrected chi connectivity index (χ2v) is 13.6. The van der Waals surface area contributed by atoms with Crippen LogP contribution in [0.15, 0.2) is 30.7 Å². The molecule has 1 aromatic heterocycles. The van der Waals surface area contributed by atoms with Crippen LogP contribution in [0, 0.1) is 23.6 Å². The highest BCUT2D eigenvalue weighted by molar-refractivity contribution is 6.01. The predicted molar refractivity (Wildman–Crippen MR) is 164 cm³/mol. The third-order valence-corrected chi connectivity index (χ3v) is 10.7. The Labute approximate surface area is 258 Å². The lowest BCUT2D eigenvalue weighted by molar-refractivity contribution is -0.134. The molecule has 2 saturated carbocycles. The van der Waals surface area contributed by atoms with E-state index in [0.29, 0.717) is 49.9 Å². The van der Waals surface area contributed by atoms with Gasteiger partial charge in [0.25, 0.3) is 5.91 Å². The number of rotatable bonds is 8. The van der Waals surface area contributed by atoms with Crippen molar-refractivity contribution in [1.29, 1.82) is 0 Å². The minimum atomic E-state index is -0.890. The summed E-state index contributed by atoms with van der Waals surface area (Å²) in [5.41, 5.74) is 1.68. The number of halogens is 2. The molecular formula is C33H43F2N7O2. The van der Waals surface area contributed by atoms with Gasteiger partial charge in [-0.25, -0.2) is 18.7 Å². The molecule has 6 atom stereocenters. The molecule has 5 aliphatic rings. The first-order chi connectivity index (χ1) is 21.2. The molecule has 4 heterocycles. The van der Waals surface area contributed by atoms with Gasteiger partial charge in [-0.3, -0.25) is 9.59 Å². The van der Waals surface area contributed by atoms with Crippen molar-refractivity contribution >= 4 is 29.0 Å². The number of alkyl halides is 1. The van der Waals surface area contributed by atoms with Crippen molar-refractivity contribution in [3.63, 3.8) is 0 Å². The average molecular weight is 608 g/mol. The van der Waals surface area contributed by atoms with Crippen LogP contribution in [0.2, 0.25) is 0 Å². The molecule has 1 aromatic carbocycles. The van der Waals surface area contributed by atoms with Crippen molar-refractivity contribution in [2.75, 3.05) is 42.5 Å². The molecule has 0 spiro atoms. The van der Waals surface area contributed by atoms with Crippen LogP contribution in [0.4, 0.5) is 26.0 Å². The van der Waals surface area contributed by atoms with Gasteiger partial charge >= 0.3 is 0 Å². The molecule has 44 heavy (non-hydrogen) atoms. The lowest BCUT2D eigenvalue weighted by Crippen LogP contribution is -2.55. The van der Waals surface area contributed by atoms with Gasteiger partial charge in [-0.1, -0.05) is 12.8 Å². The van der Waals surface area contributed by atoms with E-state index in [1.165, 1.54) is 31.3 Å². The van der Waals surface area contributed by atoms with E-state index in [1.807, 2.05) is 30.6 Å². The third-order valence-electron chi connectivity index (χ3n) is 10.7. The standard InChI is InChI=1S/C33H43F2N7O2/c1-4-40(19(2)3)32(43)24-14-21(34)7-8-27(24)42-12-11-41(31-28(42)16-36-18-37-31)22-9-10-39(17-22)33(44)30-25-15-26(38-30)23(29(25)35)13-20-5-6-20/h7-8,14,16,18-20,22-23,25-26,29-30,38H,4-6,9-13,15,17H2,1-3H3/t22-,23+,25-,26?,29+,30+/m1/s1. The number of likely N-dealkylation sites (tertiary alicyclic amines) is 1. The van der Waals surface area contributed by atoms with Gasteiger partial charge in [0.15, 0.2) is 5.82 Å². The predicted octanol–water partition coefficient (Wildman–Crippen LogP) is 4.16. The first kappa shape index (κ1) is 29.4. The minimum absolute atomic E-state index is 0.0224. The zero-order valence-electron chi connectivity index (χ0n) is 25.8. The quantitative estimate of drug-likeness (QED) is 0.483. The molecule has 7 rings (SSSR count). The lowest BCUT2D eigenvalue weighted by atomic mass is 9.88. The summed E-state index contributed by atoms with van der Waals surface area (Å²) in [5.74, 6) is 0.594. The van der Waals surface area contributed by atoms with Gasteiger partial charge in [0.1, 0.15) is 24.0 Å². The number of hydrogen-bond donors (Lipinski definition) is 1. The summed E-state index contributed by atoms with van der Waals surface area (Å²) in [4.78, 5) is 44.1. The summed E-state index contributed by atoms with van der Waals surface area (Å²) < 4.78 is 29.9. The Bertz CT molecular complexity index is 1420. The zero-order chi connectivity index (χ0) is 30.7. The van der Waals surface area contributed by atoms with E-state index in [2.05, 4.69) is 20.2 Å². The van der Waals surface area contributed by atoms with Crippen LogP contribution in [0.3, 0.4) is 0 Å². The van der Waals surface area contributed by atoms with Crippen molar-refractivity contribution in [3.8, 4) is 0 Å². The monoisotopic (exact) mass is 607 g/mol. The lowest BCUT2D eigenvalue weighted by Gasteiger charge is -2.41. The molecule has 11 heteroatoms. The Balaban J connectivity index is 1.08. The topological polar surface area (TPSA) is 84.9 Å². The molecule has 2 aromatic rings. The largest absolute Gasteiger partial charge is 0.348 e. The highest BCUT2D eigenvalue weighted by atomic mass is 19.1. The van der Waals surface area contributed by atoms with Crippen molar-refractivity contribution in [2.45, 2.75) is 83.2 Å². The maximum Gasteiger partial charge on any atom is 0.256 e.